The lowest BCUT2D eigenvalue weighted by molar-refractivity contribution is -0.104. The number of hydrogen-bond acceptors (Lipinski definition) is 5. The van der Waals surface area contributed by atoms with Crippen molar-refractivity contribution in [2.75, 3.05) is 6.61 Å². The Kier molecular flexibility index (Phi) is 5.63. The molecular formula is C18H16O5. The molecule has 0 spiro atoms. The third-order valence-electron chi connectivity index (χ3n) is 3.10. The minimum atomic E-state index is -0.704. The average molecular weight is 312 g/mol. The van der Waals surface area contributed by atoms with Gasteiger partial charge in [-0.05, 0) is 30.7 Å². The molecule has 0 aliphatic heterocycles. The predicted molar refractivity (Wildman–Crippen MR) is 83.6 cm³/mol. The molecule has 0 unspecified atom stereocenters. The van der Waals surface area contributed by atoms with E-state index in [-0.39, 0.29) is 30.6 Å². The van der Waals surface area contributed by atoms with Gasteiger partial charge in [-0.25, -0.2) is 4.79 Å². The molecule has 5 heteroatoms. The number of carbonyl (C=O) groups excluding carboxylic acids is 3. The molecule has 118 valence electrons. The second-order valence-corrected chi connectivity index (χ2v) is 4.69. The Hall–Kier alpha value is -2.95. The topological polar surface area (TPSA) is 69.7 Å². The number of aldehydes is 1. The second kappa shape index (κ2) is 7.89. The summed E-state index contributed by atoms with van der Waals surface area (Å²) in [5.74, 6) is -1.00. The van der Waals surface area contributed by atoms with Gasteiger partial charge in [0.25, 0.3) is 0 Å². The van der Waals surface area contributed by atoms with E-state index in [1.807, 2.05) is 30.3 Å². The smallest absolute Gasteiger partial charge is 0.341 e. The van der Waals surface area contributed by atoms with Crippen LogP contribution in [0.4, 0.5) is 0 Å². The molecule has 0 aliphatic rings. The summed E-state index contributed by atoms with van der Waals surface area (Å²) >= 11 is 0. The van der Waals surface area contributed by atoms with E-state index in [1.54, 1.807) is 6.92 Å². The lowest BCUT2D eigenvalue weighted by Gasteiger charge is -2.12. The van der Waals surface area contributed by atoms with Gasteiger partial charge in [0, 0.05) is 5.56 Å². The Morgan fingerprint density at radius 1 is 1.09 bits per heavy atom. The van der Waals surface area contributed by atoms with Crippen LogP contribution in [0.2, 0.25) is 0 Å². The first-order valence-electron chi connectivity index (χ1n) is 7.13. The number of benzene rings is 2. The van der Waals surface area contributed by atoms with Crippen molar-refractivity contribution >= 4 is 18.0 Å². The molecule has 0 bridgehead atoms. The maximum absolute atomic E-state index is 12.0. The zero-order chi connectivity index (χ0) is 16.7. The van der Waals surface area contributed by atoms with Crippen LogP contribution in [0.5, 0.6) is 5.75 Å². The number of carbonyl (C=O) groups is 3. The molecule has 0 aromatic heterocycles. The highest BCUT2D eigenvalue weighted by molar-refractivity contribution is 6.33. The van der Waals surface area contributed by atoms with Crippen LogP contribution in [-0.4, -0.2) is 24.6 Å². The van der Waals surface area contributed by atoms with Crippen LogP contribution in [0.1, 0.15) is 33.2 Å². The first kappa shape index (κ1) is 16.4. The molecular weight excluding hydrogens is 296 g/mol. The van der Waals surface area contributed by atoms with Crippen molar-refractivity contribution in [3.05, 3.63) is 65.2 Å². The van der Waals surface area contributed by atoms with Crippen LogP contribution in [-0.2, 0) is 16.1 Å². The summed E-state index contributed by atoms with van der Waals surface area (Å²) in [6.45, 7) is 2.15. The minimum Gasteiger partial charge on any atom is -0.488 e. The molecule has 2 aromatic carbocycles. The quantitative estimate of drug-likeness (QED) is 0.340. The van der Waals surface area contributed by atoms with Gasteiger partial charge in [-0.15, -0.1) is 0 Å². The average Bonchev–Trinajstić information content (AvgIpc) is 2.60. The number of rotatable bonds is 7. The van der Waals surface area contributed by atoms with E-state index in [0.29, 0.717) is 5.75 Å². The molecule has 0 amide bonds. The van der Waals surface area contributed by atoms with Crippen LogP contribution >= 0.6 is 0 Å². The molecule has 0 saturated heterocycles. The van der Waals surface area contributed by atoms with E-state index in [4.69, 9.17) is 9.47 Å². The maximum atomic E-state index is 12.0. The zero-order valence-corrected chi connectivity index (χ0v) is 12.7. The fourth-order valence-electron chi connectivity index (χ4n) is 1.98. The third kappa shape index (κ3) is 4.26. The number of hydrogen-bond donors (Lipinski definition) is 0. The Bertz CT molecular complexity index is 707. The summed E-state index contributed by atoms with van der Waals surface area (Å²) in [4.78, 5) is 34.1. The fourth-order valence-corrected chi connectivity index (χ4v) is 1.98. The first-order chi connectivity index (χ1) is 11.2. The van der Waals surface area contributed by atoms with Gasteiger partial charge in [0.15, 0.2) is 6.29 Å². The zero-order valence-electron chi connectivity index (χ0n) is 12.7. The second-order valence-electron chi connectivity index (χ2n) is 4.69. The van der Waals surface area contributed by atoms with Crippen LogP contribution in [0, 0.1) is 0 Å². The monoisotopic (exact) mass is 312 g/mol. The lowest BCUT2D eigenvalue weighted by Crippen LogP contribution is -2.10. The van der Waals surface area contributed by atoms with Gasteiger partial charge < -0.3 is 9.47 Å². The Balaban J connectivity index is 2.27. The first-order valence-corrected chi connectivity index (χ1v) is 7.13. The van der Waals surface area contributed by atoms with E-state index in [1.165, 1.54) is 18.2 Å². The molecule has 0 N–H and O–H groups in total. The SMILES string of the molecule is CCOC(=O)c1cc(C(=O)C=O)ccc1OCc1ccccc1. The number of ether oxygens (including phenoxy) is 2. The van der Waals surface area contributed by atoms with Gasteiger partial charge in [-0.2, -0.15) is 0 Å². The van der Waals surface area contributed by atoms with Crippen molar-refractivity contribution in [2.45, 2.75) is 13.5 Å². The Labute approximate surface area is 133 Å². The highest BCUT2D eigenvalue weighted by Crippen LogP contribution is 2.23. The van der Waals surface area contributed by atoms with Crippen molar-refractivity contribution < 1.29 is 23.9 Å². The Morgan fingerprint density at radius 3 is 2.48 bits per heavy atom. The van der Waals surface area contributed by atoms with Gasteiger partial charge in [0.05, 0.1) is 6.61 Å². The van der Waals surface area contributed by atoms with Gasteiger partial charge in [-0.1, -0.05) is 30.3 Å². The van der Waals surface area contributed by atoms with Gasteiger partial charge in [0.1, 0.15) is 17.9 Å². The molecule has 23 heavy (non-hydrogen) atoms. The van der Waals surface area contributed by atoms with E-state index in [2.05, 4.69) is 0 Å². The van der Waals surface area contributed by atoms with E-state index < -0.39 is 11.8 Å². The lowest BCUT2D eigenvalue weighted by atomic mass is 10.1. The van der Waals surface area contributed by atoms with E-state index >= 15 is 0 Å². The van der Waals surface area contributed by atoms with Gasteiger partial charge in [-0.3, -0.25) is 9.59 Å². The molecule has 0 saturated carbocycles. The highest BCUT2D eigenvalue weighted by atomic mass is 16.5. The van der Waals surface area contributed by atoms with Crippen LogP contribution in [0.3, 0.4) is 0 Å². The van der Waals surface area contributed by atoms with Crippen molar-refractivity contribution in [1.82, 2.24) is 0 Å². The third-order valence-corrected chi connectivity index (χ3v) is 3.10. The molecule has 0 heterocycles. The summed E-state index contributed by atoms with van der Waals surface area (Å²) in [6, 6.07) is 13.7. The predicted octanol–water partition coefficient (Wildman–Crippen LogP) is 2.82. The molecule has 0 aliphatic carbocycles. The molecule has 0 fully saturated rings. The van der Waals surface area contributed by atoms with Gasteiger partial charge >= 0.3 is 5.97 Å². The summed E-state index contributed by atoms with van der Waals surface area (Å²) in [5, 5.41) is 0. The van der Waals surface area contributed by atoms with E-state index in [0.717, 1.165) is 5.56 Å². The van der Waals surface area contributed by atoms with Gasteiger partial charge in [0.2, 0.25) is 5.78 Å². The van der Waals surface area contributed by atoms with Crippen molar-refractivity contribution in [3.8, 4) is 5.75 Å². The summed E-state index contributed by atoms with van der Waals surface area (Å²) in [7, 11) is 0. The minimum absolute atomic E-state index is 0.120. The number of esters is 1. The molecule has 0 radical (unpaired) electrons. The standard InChI is InChI=1S/C18H16O5/c1-2-22-18(21)15-10-14(16(20)11-19)8-9-17(15)23-12-13-6-4-3-5-7-13/h3-11H,2,12H2,1H3. The Morgan fingerprint density at radius 2 is 1.83 bits per heavy atom. The normalized spacial score (nSPS) is 9.96. The highest BCUT2D eigenvalue weighted by Gasteiger charge is 2.17. The largest absolute Gasteiger partial charge is 0.488 e. The maximum Gasteiger partial charge on any atom is 0.341 e. The van der Waals surface area contributed by atoms with Crippen LogP contribution < -0.4 is 4.74 Å². The molecule has 2 aromatic rings. The molecule has 5 nitrogen and oxygen atoms in total. The summed E-state index contributed by atoms with van der Waals surface area (Å²) in [6.07, 6.45) is 0.203. The van der Waals surface area contributed by atoms with Crippen molar-refractivity contribution in [2.24, 2.45) is 0 Å². The molecule has 0 atom stereocenters. The van der Waals surface area contributed by atoms with Crippen LogP contribution in [0.25, 0.3) is 0 Å². The summed E-state index contributed by atoms with van der Waals surface area (Å²) < 4.78 is 10.6. The fraction of sp³-hybridized carbons (Fsp3) is 0.167. The van der Waals surface area contributed by atoms with Crippen LogP contribution in [0.15, 0.2) is 48.5 Å². The van der Waals surface area contributed by atoms with E-state index in [9.17, 15) is 14.4 Å². The summed E-state index contributed by atoms with van der Waals surface area (Å²) in [5.41, 5.74) is 1.18. The van der Waals surface area contributed by atoms with Crippen molar-refractivity contribution in [1.29, 1.82) is 0 Å². The number of ketones is 1. The number of Topliss-reactive ketones (excluding diaryl/α,β-unsaturated/α-hetero) is 1. The van der Waals surface area contributed by atoms with Crippen molar-refractivity contribution in [3.63, 3.8) is 0 Å². The molecule has 2 rings (SSSR count).